The van der Waals surface area contributed by atoms with Gasteiger partial charge in [-0.25, -0.2) is 4.68 Å². The number of amides is 1. The zero-order valence-corrected chi connectivity index (χ0v) is 14.3. The maximum atomic E-state index is 12.3. The molecule has 0 aliphatic carbocycles. The maximum Gasteiger partial charge on any atom is 0.273 e. The fourth-order valence-corrected chi connectivity index (χ4v) is 2.64. The molecule has 0 saturated carbocycles. The van der Waals surface area contributed by atoms with E-state index in [2.05, 4.69) is 15.6 Å². The number of hydrogen-bond donors (Lipinski definition) is 2. The number of nitrogens with zero attached hydrogens (tertiary/aromatic N) is 3. The molecule has 2 N–H and O–H groups in total. The molecule has 0 radical (unpaired) electrons. The summed E-state index contributed by atoms with van der Waals surface area (Å²) in [4.78, 5) is 12.3. The van der Waals surface area contributed by atoms with Crippen molar-refractivity contribution >= 4 is 17.5 Å². The zero-order chi connectivity index (χ0) is 17.8. The van der Waals surface area contributed by atoms with Crippen molar-refractivity contribution in [2.24, 2.45) is 0 Å². The quantitative estimate of drug-likeness (QED) is 0.736. The van der Waals surface area contributed by atoms with Gasteiger partial charge < -0.3 is 10.4 Å². The average molecular weight is 357 g/mol. The van der Waals surface area contributed by atoms with Gasteiger partial charge >= 0.3 is 0 Å². The lowest BCUT2D eigenvalue weighted by Crippen LogP contribution is -2.29. The normalized spacial score (nSPS) is 12.0. The van der Waals surface area contributed by atoms with Crippen molar-refractivity contribution in [3.05, 3.63) is 76.6 Å². The second-order valence-corrected chi connectivity index (χ2v) is 5.99. The van der Waals surface area contributed by atoms with Crippen molar-refractivity contribution in [2.75, 3.05) is 6.54 Å². The van der Waals surface area contributed by atoms with Crippen LogP contribution in [0, 0.1) is 6.92 Å². The fraction of sp³-hybridized carbons (Fsp3) is 0.167. The highest BCUT2D eigenvalue weighted by atomic mass is 35.5. The number of aromatic nitrogens is 3. The maximum absolute atomic E-state index is 12.3. The van der Waals surface area contributed by atoms with Gasteiger partial charge in [-0.15, -0.1) is 5.10 Å². The van der Waals surface area contributed by atoms with E-state index in [-0.39, 0.29) is 18.1 Å². The first kappa shape index (κ1) is 17.1. The molecule has 3 rings (SSSR count). The summed E-state index contributed by atoms with van der Waals surface area (Å²) >= 11 is 5.99. The summed E-state index contributed by atoms with van der Waals surface area (Å²) in [6.45, 7) is 1.84. The van der Waals surface area contributed by atoms with E-state index in [4.69, 9.17) is 11.6 Å². The molecule has 6 nitrogen and oxygen atoms in total. The molecule has 1 aromatic heterocycles. The van der Waals surface area contributed by atoms with Crippen LogP contribution in [0.3, 0.4) is 0 Å². The summed E-state index contributed by atoms with van der Waals surface area (Å²) in [7, 11) is 0. The van der Waals surface area contributed by atoms with Gasteiger partial charge in [0.2, 0.25) is 0 Å². The van der Waals surface area contributed by atoms with Gasteiger partial charge in [-0.05, 0) is 30.7 Å². The van der Waals surface area contributed by atoms with E-state index in [1.165, 1.54) is 0 Å². The van der Waals surface area contributed by atoms with Crippen LogP contribution in [0.15, 0.2) is 54.6 Å². The third kappa shape index (κ3) is 3.87. The average Bonchev–Trinajstić information content (AvgIpc) is 3.01. The summed E-state index contributed by atoms with van der Waals surface area (Å²) in [5, 5.41) is 21.4. The first-order valence-electron chi connectivity index (χ1n) is 7.75. The van der Waals surface area contributed by atoms with Crippen molar-refractivity contribution in [2.45, 2.75) is 13.0 Å². The Morgan fingerprint density at radius 2 is 2.00 bits per heavy atom. The minimum atomic E-state index is -0.784. The van der Waals surface area contributed by atoms with Crippen LogP contribution >= 0.6 is 11.6 Å². The van der Waals surface area contributed by atoms with Gasteiger partial charge in [0.05, 0.1) is 17.5 Å². The topological polar surface area (TPSA) is 80.0 Å². The monoisotopic (exact) mass is 356 g/mol. The summed E-state index contributed by atoms with van der Waals surface area (Å²) in [5.74, 6) is -0.388. The van der Waals surface area contributed by atoms with Crippen LogP contribution in [0.25, 0.3) is 5.69 Å². The molecule has 0 aliphatic rings. The number of benzene rings is 2. The molecular weight excluding hydrogens is 340 g/mol. The van der Waals surface area contributed by atoms with E-state index in [1.54, 1.807) is 41.9 Å². The Balaban J connectivity index is 1.71. The van der Waals surface area contributed by atoms with E-state index in [1.807, 2.05) is 24.3 Å². The molecule has 0 aliphatic heterocycles. The first-order chi connectivity index (χ1) is 12.1. The molecule has 2 aromatic carbocycles. The molecule has 7 heteroatoms. The minimum absolute atomic E-state index is 0.0896. The number of nitrogens with one attached hydrogen (secondary N) is 1. The third-order valence-corrected chi connectivity index (χ3v) is 4.04. The summed E-state index contributed by atoms with van der Waals surface area (Å²) < 4.78 is 1.55. The first-order valence-corrected chi connectivity index (χ1v) is 8.13. The minimum Gasteiger partial charge on any atom is -0.387 e. The lowest BCUT2D eigenvalue weighted by Gasteiger charge is -2.11. The second-order valence-electron chi connectivity index (χ2n) is 5.55. The molecule has 128 valence electrons. The molecule has 0 unspecified atom stereocenters. The highest BCUT2D eigenvalue weighted by Gasteiger charge is 2.18. The Labute approximate surface area is 150 Å². The Hall–Kier alpha value is -2.70. The molecule has 25 heavy (non-hydrogen) atoms. The third-order valence-electron chi connectivity index (χ3n) is 3.80. The van der Waals surface area contributed by atoms with Crippen molar-refractivity contribution in [1.82, 2.24) is 20.3 Å². The number of carbonyl (C=O) groups is 1. The van der Waals surface area contributed by atoms with Crippen LogP contribution in [0.2, 0.25) is 5.02 Å². The van der Waals surface area contributed by atoms with Gasteiger partial charge in [-0.1, -0.05) is 53.2 Å². The molecule has 0 saturated heterocycles. The summed E-state index contributed by atoms with van der Waals surface area (Å²) in [5.41, 5.74) is 2.26. The number of aliphatic hydroxyl groups excluding tert-OH is 1. The van der Waals surface area contributed by atoms with Crippen molar-refractivity contribution < 1.29 is 9.90 Å². The van der Waals surface area contributed by atoms with Crippen LogP contribution in [-0.2, 0) is 0 Å². The van der Waals surface area contributed by atoms with Crippen LogP contribution in [-0.4, -0.2) is 32.6 Å². The molecule has 1 atom stereocenters. The van der Waals surface area contributed by atoms with Crippen molar-refractivity contribution in [1.29, 1.82) is 0 Å². The van der Waals surface area contributed by atoms with Gasteiger partial charge in [0.1, 0.15) is 0 Å². The smallest absolute Gasteiger partial charge is 0.273 e. The van der Waals surface area contributed by atoms with Crippen LogP contribution in [0.1, 0.15) is 27.8 Å². The van der Waals surface area contributed by atoms with Gasteiger partial charge in [-0.3, -0.25) is 4.79 Å². The predicted octanol–water partition coefficient (Wildman–Crippen LogP) is 2.69. The predicted molar refractivity (Wildman–Crippen MR) is 94.8 cm³/mol. The van der Waals surface area contributed by atoms with Crippen LogP contribution in [0.4, 0.5) is 0 Å². The standard InChI is InChI=1S/C18H17ClN4O2/c1-12-17(21-22-23(12)15-9-5-8-14(19)10-15)18(25)20-11-16(24)13-6-3-2-4-7-13/h2-10,16,24H,11H2,1H3,(H,20,25)/t16-/m1/s1. The van der Waals surface area contributed by atoms with E-state index in [9.17, 15) is 9.90 Å². The molecule has 0 bridgehead atoms. The van der Waals surface area contributed by atoms with Crippen molar-refractivity contribution in [3.8, 4) is 5.69 Å². The van der Waals surface area contributed by atoms with Crippen LogP contribution < -0.4 is 5.32 Å². The zero-order valence-electron chi connectivity index (χ0n) is 13.6. The number of carbonyl (C=O) groups excluding carboxylic acids is 1. The highest BCUT2D eigenvalue weighted by Crippen LogP contribution is 2.17. The Morgan fingerprint density at radius 3 is 2.72 bits per heavy atom. The molecule has 0 spiro atoms. The van der Waals surface area contributed by atoms with Crippen molar-refractivity contribution in [3.63, 3.8) is 0 Å². The lowest BCUT2D eigenvalue weighted by atomic mass is 10.1. The number of aliphatic hydroxyl groups is 1. The Bertz CT molecular complexity index is 880. The van der Waals surface area contributed by atoms with Gasteiger partial charge in [0, 0.05) is 11.6 Å². The van der Waals surface area contributed by atoms with Gasteiger partial charge in [-0.2, -0.15) is 0 Å². The van der Waals surface area contributed by atoms with E-state index in [0.717, 1.165) is 11.3 Å². The Morgan fingerprint density at radius 1 is 1.24 bits per heavy atom. The van der Waals surface area contributed by atoms with E-state index in [0.29, 0.717) is 10.7 Å². The lowest BCUT2D eigenvalue weighted by molar-refractivity contribution is 0.0910. The van der Waals surface area contributed by atoms with Gasteiger partial charge in [0.15, 0.2) is 5.69 Å². The SMILES string of the molecule is Cc1c(C(=O)NC[C@@H](O)c2ccccc2)nnn1-c1cccc(Cl)c1. The fourth-order valence-electron chi connectivity index (χ4n) is 2.46. The number of rotatable bonds is 5. The number of hydrogen-bond acceptors (Lipinski definition) is 4. The summed E-state index contributed by atoms with van der Waals surface area (Å²) in [6, 6.07) is 16.3. The Kier molecular flexibility index (Phi) is 5.11. The van der Waals surface area contributed by atoms with E-state index < -0.39 is 6.10 Å². The van der Waals surface area contributed by atoms with Crippen LogP contribution in [0.5, 0.6) is 0 Å². The molecular formula is C18H17ClN4O2. The van der Waals surface area contributed by atoms with Gasteiger partial charge in [0.25, 0.3) is 5.91 Å². The largest absolute Gasteiger partial charge is 0.387 e. The highest BCUT2D eigenvalue weighted by molar-refractivity contribution is 6.30. The molecule has 1 heterocycles. The number of halogens is 1. The summed E-state index contributed by atoms with van der Waals surface area (Å²) in [6.07, 6.45) is -0.784. The van der Waals surface area contributed by atoms with E-state index >= 15 is 0 Å². The molecule has 3 aromatic rings. The molecule has 1 amide bonds. The second kappa shape index (κ2) is 7.46. The molecule has 0 fully saturated rings.